The number of cyclic esters (lactones) is 2. The molecule has 0 saturated carbocycles. The van der Waals surface area contributed by atoms with Crippen molar-refractivity contribution in [2.45, 2.75) is 135 Å². The summed E-state index contributed by atoms with van der Waals surface area (Å²) in [6.07, 6.45) is 10.8. The highest BCUT2D eigenvalue weighted by atomic mass is 32.1. The number of aryl methyl sites for hydroxylation is 2. The highest BCUT2D eigenvalue weighted by Crippen LogP contribution is 2.31. The second-order valence-electron chi connectivity index (χ2n) is 12.6. The first-order valence-corrected chi connectivity index (χ1v) is 16.7. The Balaban J connectivity index is 0.000000886. The number of rotatable bonds is 0. The molecule has 4 rings (SSSR count). The molecule has 10 nitrogen and oxygen atoms in total. The van der Waals surface area contributed by atoms with E-state index in [9.17, 15) is 39.9 Å². The van der Waals surface area contributed by atoms with E-state index in [-0.39, 0.29) is 98.7 Å². The van der Waals surface area contributed by atoms with Crippen molar-refractivity contribution in [1.29, 1.82) is 0 Å². The quantitative estimate of drug-likeness (QED) is 0.175. The van der Waals surface area contributed by atoms with Crippen molar-refractivity contribution in [2.24, 2.45) is 0 Å². The van der Waals surface area contributed by atoms with Crippen molar-refractivity contribution in [3.8, 4) is 23.0 Å². The van der Waals surface area contributed by atoms with Crippen molar-refractivity contribution >= 4 is 58.2 Å². The molecule has 0 aromatic heterocycles. The summed E-state index contributed by atoms with van der Waals surface area (Å²) < 4.78 is 10.8. The van der Waals surface area contributed by atoms with Gasteiger partial charge in [-0.25, -0.2) is 9.59 Å². The Bertz CT molecular complexity index is 1340. The molecule has 49 heavy (non-hydrogen) atoms. The van der Waals surface area contributed by atoms with E-state index >= 15 is 0 Å². The lowest BCUT2D eigenvalue weighted by atomic mass is 9.97. The summed E-state index contributed by atoms with van der Waals surface area (Å²) in [5, 5.41) is 49.3. The van der Waals surface area contributed by atoms with E-state index in [1.807, 2.05) is 6.92 Å². The van der Waals surface area contributed by atoms with Crippen molar-refractivity contribution in [2.75, 3.05) is 0 Å². The number of fused-ring (bicyclic) bond motifs is 2. The Morgan fingerprint density at radius 3 is 1.45 bits per heavy atom. The average molecular weight is 745 g/mol. The van der Waals surface area contributed by atoms with Crippen LogP contribution in [0, 0.1) is 0 Å². The third-order valence-electron chi connectivity index (χ3n) is 8.49. The number of phenols is 4. The van der Waals surface area contributed by atoms with Crippen LogP contribution in [0.4, 0.5) is 0 Å². The number of aliphatic hydroxyl groups is 1. The van der Waals surface area contributed by atoms with Crippen LogP contribution in [0.5, 0.6) is 23.0 Å². The van der Waals surface area contributed by atoms with Gasteiger partial charge in [0.1, 0.15) is 39.9 Å². The number of hydrogen-bond acceptors (Lipinski definition) is 10. The molecule has 278 valence electrons. The number of benzene rings is 2. The normalized spacial score (nSPS) is 21.4. The molecule has 13 heteroatoms. The molecule has 0 radical (unpaired) electrons. The maximum Gasteiger partial charge on any atom is 0.342 e. The van der Waals surface area contributed by atoms with Crippen LogP contribution in [0.3, 0.4) is 0 Å². The molecule has 0 bridgehead atoms. The second-order valence-corrected chi connectivity index (χ2v) is 12.6. The van der Waals surface area contributed by atoms with Crippen molar-refractivity contribution < 1.29 is 49.4 Å². The van der Waals surface area contributed by atoms with Gasteiger partial charge in [0.25, 0.3) is 0 Å². The maximum absolute atomic E-state index is 12.4. The fourth-order valence-electron chi connectivity index (χ4n) is 5.99. The molecular formula is C36H56O10S3. The van der Waals surface area contributed by atoms with Gasteiger partial charge in [-0.3, -0.25) is 4.79 Å². The van der Waals surface area contributed by atoms with E-state index in [4.69, 9.17) is 9.47 Å². The van der Waals surface area contributed by atoms with Crippen LogP contribution < -0.4 is 0 Å². The van der Waals surface area contributed by atoms with Gasteiger partial charge in [0.05, 0.1) is 18.3 Å². The number of hydrogen-bond donors (Lipinski definition) is 5. The zero-order chi connectivity index (χ0) is 33.6. The van der Waals surface area contributed by atoms with E-state index in [0.717, 1.165) is 63.9 Å². The van der Waals surface area contributed by atoms with Crippen molar-refractivity contribution in [1.82, 2.24) is 0 Å². The zero-order valence-electron chi connectivity index (χ0n) is 28.6. The molecule has 2 heterocycles. The topological polar surface area (TPSA) is 171 Å². The van der Waals surface area contributed by atoms with Gasteiger partial charge in [-0.1, -0.05) is 19.3 Å². The van der Waals surface area contributed by atoms with E-state index in [1.165, 1.54) is 18.2 Å². The number of aromatic hydroxyl groups is 4. The summed E-state index contributed by atoms with van der Waals surface area (Å²) in [4.78, 5) is 36.5. The molecule has 0 amide bonds. The highest BCUT2D eigenvalue weighted by molar-refractivity contribution is 7.59. The summed E-state index contributed by atoms with van der Waals surface area (Å²) in [7, 11) is 0. The Hall–Kier alpha value is -2.74. The molecule has 2 aliphatic heterocycles. The molecule has 3 atom stereocenters. The highest BCUT2D eigenvalue weighted by Gasteiger charge is 2.23. The average Bonchev–Trinajstić information content (AvgIpc) is 2.95. The number of carbonyl (C=O) groups excluding carboxylic acids is 3. The third-order valence-corrected chi connectivity index (χ3v) is 8.49. The van der Waals surface area contributed by atoms with Crippen LogP contribution in [-0.2, 0) is 27.1 Å². The minimum atomic E-state index is -0.576. The summed E-state index contributed by atoms with van der Waals surface area (Å²) in [6, 6.07) is 5.34. The second kappa shape index (κ2) is 23.6. The van der Waals surface area contributed by atoms with Gasteiger partial charge in [0.15, 0.2) is 0 Å². The van der Waals surface area contributed by atoms with Crippen LogP contribution in [0.2, 0.25) is 0 Å². The SMILES string of the molecule is C[C@H]1CCCC(=O)CCCCCc2cc(O)cc(O)c2C(=O)O1.C[C@H]1CCC[C@@H](O)CCCCCc2cc(O)cc(O)c2C(=O)O1.S.S.S. The largest absolute Gasteiger partial charge is 0.508 e. The number of carbonyl (C=O) groups is 3. The summed E-state index contributed by atoms with van der Waals surface area (Å²) in [5.41, 5.74) is 1.50. The number of ether oxygens (including phenoxy) is 2. The Labute approximate surface area is 311 Å². The Morgan fingerprint density at radius 2 is 0.939 bits per heavy atom. The lowest BCUT2D eigenvalue weighted by Crippen LogP contribution is -2.18. The zero-order valence-corrected chi connectivity index (χ0v) is 31.6. The molecular weight excluding hydrogens is 689 g/mol. The lowest BCUT2D eigenvalue weighted by molar-refractivity contribution is -0.119. The molecule has 2 aliphatic rings. The van der Waals surface area contributed by atoms with E-state index in [0.29, 0.717) is 56.1 Å². The molecule has 0 fully saturated rings. The lowest BCUT2D eigenvalue weighted by Gasteiger charge is -2.18. The summed E-state index contributed by atoms with van der Waals surface area (Å²) in [6.45, 7) is 3.60. The predicted molar refractivity (Wildman–Crippen MR) is 204 cm³/mol. The monoisotopic (exact) mass is 744 g/mol. The molecule has 2 aromatic carbocycles. The van der Waals surface area contributed by atoms with Crippen molar-refractivity contribution in [3.63, 3.8) is 0 Å². The molecule has 0 unspecified atom stereocenters. The molecule has 0 saturated heterocycles. The van der Waals surface area contributed by atoms with Gasteiger partial charge in [0, 0.05) is 25.0 Å². The van der Waals surface area contributed by atoms with E-state index in [1.54, 1.807) is 6.92 Å². The molecule has 0 aliphatic carbocycles. The van der Waals surface area contributed by atoms with Gasteiger partial charge >= 0.3 is 11.9 Å². The fourth-order valence-corrected chi connectivity index (χ4v) is 5.99. The van der Waals surface area contributed by atoms with Gasteiger partial charge in [0.2, 0.25) is 0 Å². The molecule has 2 aromatic rings. The van der Waals surface area contributed by atoms with Gasteiger partial charge < -0.3 is 35.0 Å². The summed E-state index contributed by atoms with van der Waals surface area (Å²) >= 11 is 0. The van der Waals surface area contributed by atoms with Crippen LogP contribution in [0.1, 0.15) is 136 Å². The van der Waals surface area contributed by atoms with E-state index < -0.39 is 11.9 Å². The summed E-state index contributed by atoms with van der Waals surface area (Å²) in [5.74, 6) is -1.48. The number of esters is 2. The first-order valence-electron chi connectivity index (χ1n) is 16.7. The van der Waals surface area contributed by atoms with Gasteiger partial charge in [-0.2, -0.15) is 40.5 Å². The minimum Gasteiger partial charge on any atom is -0.508 e. The van der Waals surface area contributed by atoms with Crippen molar-refractivity contribution in [3.05, 3.63) is 46.5 Å². The number of ketones is 1. The molecule has 5 N–H and O–H groups in total. The van der Waals surface area contributed by atoms with Crippen LogP contribution in [0.15, 0.2) is 24.3 Å². The minimum absolute atomic E-state index is 0. The van der Waals surface area contributed by atoms with Crippen LogP contribution >= 0.6 is 40.5 Å². The van der Waals surface area contributed by atoms with E-state index in [2.05, 4.69) is 0 Å². The predicted octanol–water partition coefficient (Wildman–Crippen LogP) is 7.13. The van der Waals surface area contributed by atoms with Crippen LogP contribution in [-0.4, -0.2) is 61.6 Å². The number of aliphatic hydroxyl groups excluding tert-OH is 1. The van der Waals surface area contributed by atoms with Crippen LogP contribution in [0.25, 0.3) is 0 Å². The smallest absolute Gasteiger partial charge is 0.342 e. The molecule has 0 spiro atoms. The van der Waals surface area contributed by atoms with Gasteiger partial charge in [-0.05, 0) is 108 Å². The standard InChI is InChI=1S/C18H26O5.C18H24O5.3H2S/c2*1-12-6-5-9-14(19)8-4-2-3-7-13-10-15(20)11-16(21)17(13)18(22)23-12;;;/h10-12,14,19-21H,2-9H2,1H3;10-12,20-21H,2-9H2,1H3;3*1H2/t12-,14-;12-;;;/m00.../s1. The number of Topliss-reactive ketones (excluding diaryl/α,β-unsaturated/α-hetero) is 1. The Kier molecular flexibility index (Phi) is 22.3. The number of phenolic OH excluding ortho intramolecular Hbond substituents is 4. The first kappa shape index (κ1) is 46.3. The Morgan fingerprint density at radius 1 is 0.531 bits per heavy atom. The van der Waals surface area contributed by atoms with Gasteiger partial charge in [-0.15, -0.1) is 0 Å². The first-order chi connectivity index (χ1) is 21.9. The maximum atomic E-state index is 12.4. The fraction of sp³-hybridized carbons (Fsp3) is 0.583. The third kappa shape index (κ3) is 15.8.